The van der Waals surface area contributed by atoms with Gasteiger partial charge >= 0.3 is 0 Å². The number of pyridine rings is 1. The molecule has 2 rings (SSSR count). The van der Waals surface area contributed by atoms with Crippen LogP contribution in [0.3, 0.4) is 0 Å². The third-order valence-corrected chi connectivity index (χ3v) is 3.65. The Bertz CT molecular complexity index is 432. The smallest absolute Gasteiger partial charge is 0.220 e. The normalized spacial score (nSPS) is 19.3. The number of hydrogen-bond acceptors (Lipinski definition) is 2. The number of rotatable bonds is 3. The van der Waals surface area contributed by atoms with Crippen LogP contribution < -0.4 is 4.74 Å². The molecular weight excluding hydrogens is 278 g/mol. The molecule has 0 radical (unpaired) electrons. The van der Waals surface area contributed by atoms with Gasteiger partial charge in [-0.1, -0.05) is 26.0 Å². The lowest BCUT2D eigenvalue weighted by atomic mass is 9.64. The summed E-state index contributed by atoms with van der Waals surface area (Å²) < 4.78 is 6.22. The number of aromatic nitrogens is 1. The van der Waals surface area contributed by atoms with Crippen molar-refractivity contribution in [2.24, 2.45) is 11.3 Å². The molecule has 0 bridgehead atoms. The minimum Gasteiger partial charge on any atom is -0.481 e. The highest BCUT2D eigenvalue weighted by molar-refractivity contribution is 9.10. The van der Waals surface area contributed by atoms with Crippen LogP contribution in [-0.2, 0) is 0 Å². The average molecular weight is 296 g/mol. The van der Waals surface area contributed by atoms with Crippen LogP contribution in [0.4, 0.5) is 0 Å². The molecule has 3 heteroatoms. The molecule has 0 aliphatic heterocycles. The van der Waals surface area contributed by atoms with Gasteiger partial charge in [0.1, 0.15) is 0 Å². The van der Waals surface area contributed by atoms with Gasteiger partial charge in [-0.05, 0) is 46.2 Å². The third-order valence-electron chi connectivity index (χ3n) is 3.22. The van der Waals surface area contributed by atoms with Crippen molar-refractivity contribution in [2.75, 3.05) is 7.11 Å². The summed E-state index contributed by atoms with van der Waals surface area (Å²) in [6, 6.07) is 2.03. The maximum Gasteiger partial charge on any atom is 0.220 e. The Morgan fingerprint density at radius 3 is 2.76 bits per heavy atom. The number of allylic oxidation sites excluding steroid dienone is 1. The van der Waals surface area contributed by atoms with Gasteiger partial charge in [0.15, 0.2) is 0 Å². The van der Waals surface area contributed by atoms with Gasteiger partial charge in [0.2, 0.25) is 5.88 Å². The molecule has 2 nitrogen and oxygen atoms in total. The summed E-state index contributed by atoms with van der Waals surface area (Å²) in [4.78, 5) is 4.23. The molecular formula is C14H18BrNO. The maximum atomic E-state index is 5.24. The summed E-state index contributed by atoms with van der Waals surface area (Å²) in [7, 11) is 1.65. The van der Waals surface area contributed by atoms with Crippen LogP contribution in [-0.4, -0.2) is 12.1 Å². The first-order valence-electron chi connectivity index (χ1n) is 5.88. The first-order valence-corrected chi connectivity index (χ1v) is 6.67. The van der Waals surface area contributed by atoms with E-state index in [1.54, 1.807) is 13.3 Å². The molecule has 0 aromatic carbocycles. The summed E-state index contributed by atoms with van der Waals surface area (Å²) in [6.45, 7) is 4.64. The second-order valence-corrected chi connectivity index (χ2v) is 6.36. The van der Waals surface area contributed by atoms with E-state index in [1.165, 1.54) is 12.8 Å². The van der Waals surface area contributed by atoms with E-state index in [1.807, 2.05) is 6.07 Å². The first-order chi connectivity index (χ1) is 8.00. The fourth-order valence-electron chi connectivity index (χ4n) is 2.47. The van der Waals surface area contributed by atoms with Gasteiger partial charge in [-0.15, -0.1) is 0 Å². The molecule has 1 aliphatic carbocycles. The second-order valence-electron chi connectivity index (χ2n) is 5.44. The molecule has 1 saturated carbocycles. The lowest BCUT2D eigenvalue weighted by Gasteiger charge is -2.41. The number of halogens is 1. The van der Waals surface area contributed by atoms with Crippen LogP contribution in [0.25, 0.3) is 6.08 Å². The quantitative estimate of drug-likeness (QED) is 0.829. The van der Waals surface area contributed by atoms with E-state index < -0.39 is 0 Å². The van der Waals surface area contributed by atoms with Crippen molar-refractivity contribution in [3.8, 4) is 5.88 Å². The zero-order chi connectivity index (χ0) is 12.5. The minimum atomic E-state index is 0.522. The fourth-order valence-corrected chi connectivity index (χ4v) is 2.82. The van der Waals surface area contributed by atoms with Gasteiger partial charge < -0.3 is 4.74 Å². The zero-order valence-electron chi connectivity index (χ0n) is 10.5. The van der Waals surface area contributed by atoms with Crippen molar-refractivity contribution in [3.63, 3.8) is 0 Å². The Morgan fingerprint density at radius 1 is 1.47 bits per heavy atom. The largest absolute Gasteiger partial charge is 0.481 e. The first kappa shape index (κ1) is 12.6. The van der Waals surface area contributed by atoms with E-state index in [0.717, 1.165) is 10.0 Å². The summed E-state index contributed by atoms with van der Waals surface area (Å²) in [5.41, 5.74) is 1.56. The van der Waals surface area contributed by atoms with Gasteiger partial charge in [-0.25, -0.2) is 4.98 Å². The van der Waals surface area contributed by atoms with Crippen LogP contribution in [0.5, 0.6) is 5.88 Å². The molecule has 0 amide bonds. The second kappa shape index (κ2) is 4.81. The molecule has 0 spiro atoms. The van der Waals surface area contributed by atoms with E-state index >= 15 is 0 Å². The molecule has 1 aliphatic rings. The van der Waals surface area contributed by atoms with Gasteiger partial charge in [0.25, 0.3) is 0 Å². The van der Waals surface area contributed by atoms with E-state index in [-0.39, 0.29) is 0 Å². The van der Waals surface area contributed by atoms with Crippen LogP contribution >= 0.6 is 15.9 Å². The van der Waals surface area contributed by atoms with Crippen LogP contribution in [0, 0.1) is 11.3 Å². The summed E-state index contributed by atoms with van der Waals surface area (Å²) >= 11 is 3.43. The van der Waals surface area contributed by atoms with Crippen LogP contribution in [0.15, 0.2) is 22.8 Å². The summed E-state index contributed by atoms with van der Waals surface area (Å²) in [6.07, 6.45) is 8.69. The molecule has 1 aromatic heterocycles. The number of nitrogens with zero attached hydrogens (tertiary/aromatic N) is 1. The van der Waals surface area contributed by atoms with Gasteiger partial charge in [0.05, 0.1) is 7.11 Å². The van der Waals surface area contributed by atoms with Gasteiger partial charge in [-0.3, -0.25) is 0 Å². The average Bonchev–Trinajstić information content (AvgIpc) is 2.23. The lowest BCUT2D eigenvalue weighted by molar-refractivity contribution is 0.132. The standard InChI is InChI=1S/C14H18BrNO/c1-14(2)7-10(8-14)4-5-11-6-12(15)9-16-13(11)17-3/h4-6,9-10H,7-8H2,1-3H3. The van der Waals surface area contributed by atoms with Crippen molar-refractivity contribution in [1.29, 1.82) is 0 Å². The lowest BCUT2D eigenvalue weighted by Crippen LogP contribution is -2.29. The Balaban J connectivity index is 2.08. The molecule has 1 fully saturated rings. The number of methoxy groups -OCH3 is 1. The molecule has 17 heavy (non-hydrogen) atoms. The molecule has 0 N–H and O–H groups in total. The summed E-state index contributed by atoms with van der Waals surface area (Å²) in [5.74, 6) is 1.39. The minimum absolute atomic E-state index is 0.522. The van der Waals surface area contributed by atoms with Crippen molar-refractivity contribution < 1.29 is 4.74 Å². The highest BCUT2D eigenvalue weighted by Gasteiger charge is 2.34. The van der Waals surface area contributed by atoms with E-state index in [9.17, 15) is 0 Å². The third kappa shape index (κ3) is 3.09. The molecule has 1 aromatic rings. The maximum absolute atomic E-state index is 5.24. The van der Waals surface area contributed by atoms with Gasteiger partial charge in [-0.2, -0.15) is 0 Å². The highest BCUT2D eigenvalue weighted by atomic mass is 79.9. The molecule has 0 saturated heterocycles. The Labute approximate surface area is 111 Å². The van der Waals surface area contributed by atoms with Gasteiger partial charge in [0, 0.05) is 16.2 Å². The van der Waals surface area contributed by atoms with Crippen molar-refractivity contribution in [2.45, 2.75) is 26.7 Å². The molecule has 0 atom stereocenters. The summed E-state index contributed by atoms with van der Waals surface area (Å²) in [5, 5.41) is 0. The predicted octanol–water partition coefficient (Wildman–Crippen LogP) is 4.30. The van der Waals surface area contributed by atoms with E-state index in [2.05, 4.69) is 46.9 Å². The Morgan fingerprint density at radius 2 is 2.18 bits per heavy atom. The fraction of sp³-hybridized carbons (Fsp3) is 0.500. The molecule has 1 heterocycles. The highest BCUT2D eigenvalue weighted by Crippen LogP contribution is 2.45. The monoisotopic (exact) mass is 295 g/mol. The SMILES string of the molecule is COc1ncc(Br)cc1C=CC1CC(C)(C)C1. The van der Waals surface area contributed by atoms with Crippen molar-refractivity contribution in [3.05, 3.63) is 28.4 Å². The predicted molar refractivity (Wildman–Crippen MR) is 74.0 cm³/mol. The van der Waals surface area contributed by atoms with Crippen LogP contribution in [0.1, 0.15) is 32.3 Å². The van der Waals surface area contributed by atoms with E-state index in [4.69, 9.17) is 4.74 Å². The van der Waals surface area contributed by atoms with Crippen molar-refractivity contribution in [1.82, 2.24) is 4.98 Å². The Kier molecular flexibility index (Phi) is 3.57. The van der Waals surface area contributed by atoms with Crippen molar-refractivity contribution >= 4 is 22.0 Å². The topological polar surface area (TPSA) is 22.1 Å². The number of ether oxygens (including phenoxy) is 1. The molecule has 0 unspecified atom stereocenters. The van der Waals surface area contributed by atoms with Crippen LogP contribution in [0.2, 0.25) is 0 Å². The zero-order valence-corrected chi connectivity index (χ0v) is 12.1. The van der Waals surface area contributed by atoms with E-state index in [0.29, 0.717) is 17.2 Å². The molecule has 92 valence electrons. The Hall–Kier alpha value is -0.830. The number of hydrogen-bond donors (Lipinski definition) is 0.